The predicted octanol–water partition coefficient (Wildman–Crippen LogP) is 1.19. The molecule has 52 valence electrons. The molecule has 9 heavy (non-hydrogen) atoms. The summed E-state index contributed by atoms with van der Waals surface area (Å²) in [6, 6.07) is 0.570. The van der Waals surface area contributed by atoms with Crippen LogP contribution in [0.1, 0.15) is 13.8 Å². The highest BCUT2D eigenvalue weighted by Gasteiger charge is 2.09. The van der Waals surface area contributed by atoms with Gasteiger partial charge in [0, 0.05) is 18.3 Å². The van der Waals surface area contributed by atoms with E-state index in [4.69, 9.17) is 0 Å². The molecule has 0 saturated carbocycles. The van der Waals surface area contributed by atoms with Crippen molar-refractivity contribution in [3.8, 4) is 0 Å². The predicted molar refractivity (Wildman–Crippen MR) is 47.3 cm³/mol. The molecule has 0 bridgehead atoms. The summed E-state index contributed by atoms with van der Waals surface area (Å²) >= 11 is 2.30. The average molecular weight is 238 g/mol. The molecule has 0 aromatic carbocycles. The van der Waals surface area contributed by atoms with E-state index in [9.17, 15) is 0 Å². The highest BCUT2D eigenvalue weighted by molar-refractivity contribution is 14.1. The van der Waals surface area contributed by atoms with Crippen LogP contribution >= 0.6 is 22.6 Å². The number of nitrogens with one attached hydrogen (secondary N) is 2. The lowest BCUT2D eigenvalue weighted by molar-refractivity contribution is 0.554. The van der Waals surface area contributed by atoms with Crippen LogP contribution in [-0.2, 0) is 0 Å². The zero-order valence-electron chi connectivity index (χ0n) is 5.66. The molecule has 0 saturated heterocycles. The van der Waals surface area contributed by atoms with Crippen molar-refractivity contribution >= 4 is 22.6 Å². The molecule has 0 spiro atoms. The maximum atomic E-state index is 3.33. The highest BCUT2D eigenvalue weighted by Crippen LogP contribution is 2.10. The van der Waals surface area contributed by atoms with Gasteiger partial charge in [0.2, 0.25) is 0 Å². The summed E-state index contributed by atoms with van der Waals surface area (Å²) < 4.78 is 1.24. The minimum atomic E-state index is 0.570. The third kappa shape index (κ3) is 1.74. The fourth-order valence-corrected chi connectivity index (χ4v) is 1.48. The summed E-state index contributed by atoms with van der Waals surface area (Å²) in [6.07, 6.45) is 0. The number of halogens is 1. The number of allylic oxidation sites excluding steroid dienone is 1. The van der Waals surface area contributed by atoms with Crippen LogP contribution < -0.4 is 10.6 Å². The maximum Gasteiger partial charge on any atom is 0.0923 e. The maximum absolute atomic E-state index is 3.33. The molecule has 1 aliphatic rings. The molecule has 1 rings (SSSR count). The summed E-state index contributed by atoms with van der Waals surface area (Å²) in [5, 5.41) is 6.62. The van der Waals surface area contributed by atoms with Gasteiger partial charge in [-0.15, -0.1) is 0 Å². The van der Waals surface area contributed by atoms with Gasteiger partial charge >= 0.3 is 0 Å². The highest BCUT2D eigenvalue weighted by atomic mass is 127. The minimum Gasteiger partial charge on any atom is -0.384 e. The summed E-state index contributed by atoms with van der Waals surface area (Å²) in [5.41, 5.74) is 1.26. The molecule has 0 aromatic heterocycles. The van der Waals surface area contributed by atoms with Gasteiger partial charge in [-0.25, -0.2) is 0 Å². The van der Waals surface area contributed by atoms with Gasteiger partial charge in [-0.05, 0) is 36.4 Å². The van der Waals surface area contributed by atoms with Crippen molar-refractivity contribution in [3.05, 3.63) is 9.40 Å². The zero-order valence-corrected chi connectivity index (χ0v) is 7.82. The van der Waals surface area contributed by atoms with Crippen molar-refractivity contribution in [1.82, 2.24) is 10.6 Å². The Kier molecular flexibility index (Phi) is 2.21. The number of hydrogen-bond acceptors (Lipinski definition) is 2. The molecule has 2 nitrogen and oxygen atoms in total. The fourth-order valence-electron chi connectivity index (χ4n) is 0.759. The Hall–Kier alpha value is 0.0700. The van der Waals surface area contributed by atoms with Crippen LogP contribution in [0.15, 0.2) is 9.40 Å². The summed E-state index contributed by atoms with van der Waals surface area (Å²) in [5.74, 6) is 0. The molecule has 0 amide bonds. The first kappa shape index (κ1) is 7.18. The van der Waals surface area contributed by atoms with Crippen molar-refractivity contribution in [1.29, 1.82) is 0 Å². The van der Waals surface area contributed by atoms with Crippen LogP contribution in [0.2, 0.25) is 0 Å². The Morgan fingerprint density at radius 2 is 2.33 bits per heavy atom. The molecule has 3 heteroatoms. The quantitative estimate of drug-likeness (QED) is 0.489. The van der Waals surface area contributed by atoms with Gasteiger partial charge in [0.05, 0.1) is 3.70 Å². The largest absolute Gasteiger partial charge is 0.384 e. The summed E-state index contributed by atoms with van der Waals surface area (Å²) in [6.45, 7) is 5.29. The van der Waals surface area contributed by atoms with Crippen molar-refractivity contribution in [3.63, 3.8) is 0 Å². The number of rotatable bonds is 0. The normalized spacial score (nSPS) is 27.2. The van der Waals surface area contributed by atoms with Crippen LogP contribution in [0.3, 0.4) is 0 Å². The van der Waals surface area contributed by atoms with Crippen LogP contribution in [0.5, 0.6) is 0 Å². The van der Waals surface area contributed by atoms with Crippen molar-refractivity contribution in [2.75, 3.05) is 6.54 Å². The molecule has 1 unspecified atom stereocenters. The lowest BCUT2D eigenvalue weighted by atomic mass is 10.3. The van der Waals surface area contributed by atoms with E-state index >= 15 is 0 Å². The third-order valence-electron chi connectivity index (χ3n) is 1.38. The SMILES string of the molecule is CC1=C(I)NC(C)CN1. The molecular weight excluding hydrogens is 227 g/mol. The van der Waals surface area contributed by atoms with E-state index in [1.54, 1.807) is 0 Å². The fraction of sp³-hybridized carbons (Fsp3) is 0.667. The Morgan fingerprint density at radius 1 is 1.67 bits per heavy atom. The van der Waals surface area contributed by atoms with Gasteiger partial charge < -0.3 is 10.6 Å². The average Bonchev–Trinajstić information content (AvgIpc) is 1.80. The van der Waals surface area contributed by atoms with E-state index in [1.165, 1.54) is 9.40 Å². The van der Waals surface area contributed by atoms with Crippen LogP contribution in [-0.4, -0.2) is 12.6 Å². The van der Waals surface area contributed by atoms with Gasteiger partial charge in [0.1, 0.15) is 0 Å². The van der Waals surface area contributed by atoms with Crippen LogP contribution in [0.25, 0.3) is 0 Å². The first-order valence-corrected chi connectivity index (χ1v) is 4.15. The molecule has 0 radical (unpaired) electrons. The van der Waals surface area contributed by atoms with Gasteiger partial charge in [-0.3, -0.25) is 0 Å². The molecule has 1 atom stereocenters. The van der Waals surface area contributed by atoms with Crippen LogP contribution in [0, 0.1) is 0 Å². The Balaban J connectivity index is 2.61. The van der Waals surface area contributed by atoms with Gasteiger partial charge in [-0.1, -0.05) is 0 Å². The standard InChI is InChI=1S/C6H11IN2/c1-4-3-8-5(2)6(7)9-4/h4,8-9H,3H2,1-2H3. The third-order valence-corrected chi connectivity index (χ3v) is 2.50. The second kappa shape index (κ2) is 2.77. The monoisotopic (exact) mass is 238 g/mol. The minimum absolute atomic E-state index is 0.570. The van der Waals surface area contributed by atoms with Gasteiger partial charge in [0.15, 0.2) is 0 Å². The second-order valence-electron chi connectivity index (χ2n) is 2.37. The molecule has 0 aromatic rings. The molecule has 1 aliphatic heterocycles. The van der Waals surface area contributed by atoms with Crippen LogP contribution in [0.4, 0.5) is 0 Å². The first-order valence-electron chi connectivity index (χ1n) is 3.07. The Labute approximate surface area is 69.2 Å². The topological polar surface area (TPSA) is 24.1 Å². The van der Waals surface area contributed by atoms with E-state index in [0.717, 1.165) is 6.54 Å². The molecule has 0 aliphatic carbocycles. The Bertz CT molecular complexity index is 142. The molecule has 2 N–H and O–H groups in total. The smallest absolute Gasteiger partial charge is 0.0923 e. The lowest BCUT2D eigenvalue weighted by Gasteiger charge is -2.23. The van der Waals surface area contributed by atoms with E-state index in [0.29, 0.717) is 6.04 Å². The van der Waals surface area contributed by atoms with Crippen molar-refractivity contribution in [2.45, 2.75) is 19.9 Å². The molecule has 0 fully saturated rings. The van der Waals surface area contributed by atoms with Gasteiger partial charge in [-0.2, -0.15) is 0 Å². The Morgan fingerprint density at radius 3 is 2.78 bits per heavy atom. The van der Waals surface area contributed by atoms with E-state index < -0.39 is 0 Å². The second-order valence-corrected chi connectivity index (χ2v) is 3.44. The summed E-state index contributed by atoms with van der Waals surface area (Å²) in [4.78, 5) is 0. The number of hydrogen-bond donors (Lipinski definition) is 2. The van der Waals surface area contributed by atoms with E-state index in [2.05, 4.69) is 47.1 Å². The van der Waals surface area contributed by atoms with E-state index in [1.807, 2.05) is 0 Å². The molecule has 1 heterocycles. The van der Waals surface area contributed by atoms with Crippen molar-refractivity contribution < 1.29 is 0 Å². The van der Waals surface area contributed by atoms with Gasteiger partial charge in [0.25, 0.3) is 0 Å². The van der Waals surface area contributed by atoms with E-state index in [-0.39, 0.29) is 0 Å². The molecular formula is C6H11IN2. The summed E-state index contributed by atoms with van der Waals surface area (Å²) in [7, 11) is 0. The zero-order chi connectivity index (χ0) is 6.85. The first-order chi connectivity index (χ1) is 4.20. The van der Waals surface area contributed by atoms with Crippen molar-refractivity contribution in [2.24, 2.45) is 0 Å². The lowest BCUT2D eigenvalue weighted by Crippen LogP contribution is -2.40.